The quantitative estimate of drug-likeness (QED) is 0.0775. The van der Waals surface area contributed by atoms with E-state index in [0.717, 1.165) is 25.7 Å². The Morgan fingerprint density at radius 3 is 1.42 bits per heavy atom. The van der Waals surface area contributed by atoms with Gasteiger partial charge in [0.2, 0.25) is 0 Å². The van der Waals surface area contributed by atoms with Crippen molar-refractivity contribution in [3.8, 4) is 0 Å². The molecule has 0 amide bonds. The van der Waals surface area contributed by atoms with Gasteiger partial charge in [-0.2, -0.15) is 0 Å². The van der Waals surface area contributed by atoms with Crippen LogP contribution in [-0.4, -0.2) is 48.2 Å². The summed E-state index contributed by atoms with van der Waals surface area (Å²) >= 11 is 0. The molecule has 0 radical (unpaired) electrons. The van der Waals surface area contributed by atoms with Crippen LogP contribution in [0.3, 0.4) is 0 Å². The Kier molecular flexibility index (Phi) is 28.4. The van der Waals surface area contributed by atoms with Crippen molar-refractivity contribution >= 4 is 5.97 Å². The van der Waals surface area contributed by atoms with Crippen molar-refractivity contribution in [3.63, 3.8) is 0 Å². The van der Waals surface area contributed by atoms with E-state index in [-0.39, 0.29) is 19.2 Å². The van der Waals surface area contributed by atoms with Gasteiger partial charge >= 0.3 is 5.97 Å². The first kappa shape index (κ1) is 35.4. The molecule has 216 valence electrons. The Labute approximate surface area is 224 Å². The Balaban J connectivity index is 3.86. The summed E-state index contributed by atoms with van der Waals surface area (Å²) in [6, 6.07) is 0. The fraction of sp³-hybridized carbons (Fsp3) is 0.968. The summed E-state index contributed by atoms with van der Waals surface area (Å²) in [6.45, 7) is 4.55. The van der Waals surface area contributed by atoms with Gasteiger partial charge in [-0.05, 0) is 12.8 Å². The number of rotatable bonds is 29. The zero-order valence-electron chi connectivity index (χ0n) is 24.2. The van der Waals surface area contributed by atoms with Crippen LogP contribution >= 0.6 is 0 Å². The molecule has 0 fully saturated rings. The Morgan fingerprint density at radius 1 is 0.611 bits per heavy atom. The highest BCUT2D eigenvalue weighted by molar-refractivity contribution is 5.74. The molecule has 5 heteroatoms. The molecular formula is C31H62O5. The molecule has 0 aliphatic carbocycles. The molecule has 0 aromatic rings. The topological polar surface area (TPSA) is 76.0 Å². The average Bonchev–Trinajstić information content (AvgIpc) is 2.89. The highest BCUT2D eigenvalue weighted by Gasteiger charge is 2.21. The number of unbranched alkanes of at least 4 members (excludes halogenated alkanes) is 20. The molecule has 0 aliphatic rings. The zero-order chi connectivity index (χ0) is 26.5. The van der Waals surface area contributed by atoms with Gasteiger partial charge in [-0.25, -0.2) is 4.79 Å². The lowest BCUT2D eigenvalue weighted by atomic mass is 10.0. The first-order chi connectivity index (χ1) is 17.7. The van der Waals surface area contributed by atoms with Gasteiger partial charge in [0.1, 0.15) is 6.10 Å². The SMILES string of the molecule is CCCCCCCCCCCCCCOC(=O)C(CCCCCCCCCCCC)OCC(O)CO. The molecular weight excluding hydrogens is 452 g/mol. The van der Waals surface area contributed by atoms with E-state index in [2.05, 4.69) is 13.8 Å². The normalized spacial score (nSPS) is 13.1. The first-order valence-electron chi connectivity index (χ1n) is 15.7. The average molecular weight is 515 g/mol. The number of hydrogen-bond donors (Lipinski definition) is 2. The lowest BCUT2D eigenvalue weighted by Crippen LogP contribution is -2.31. The third-order valence-corrected chi connectivity index (χ3v) is 7.03. The van der Waals surface area contributed by atoms with Gasteiger partial charge in [-0.1, -0.05) is 149 Å². The molecule has 36 heavy (non-hydrogen) atoms. The van der Waals surface area contributed by atoms with E-state index in [0.29, 0.717) is 13.0 Å². The Hall–Kier alpha value is -0.650. The molecule has 0 rings (SSSR count). The van der Waals surface area contributed by atoms with Crippen LogP contribution in [-0.2, 0) is 14.3 Å². The molecule has 0 bridgehead atoms. The summed E-state index contributed by atoms with van der Waals surface area (Å²) in [4.78, 5) is 12.5. The largest absolute Gasteiger partial charge is 0.464 e. The lowest BCUT2D eigenvalue weighted by molar-refractivity contribution is -0.160. The molecule has 0 spiro atoms. The first-order valence-corrected chi connectivity index (χ1v) is 15.7. The van der Waals surface area contributed by atoms with Gasteiger partial charge in [0.25, 0.3) is 0 Å². The minimum absolute atomic E-state index is 0.0351. The van der Waals surface area contributed by atoms with Crippen LogP contribution in [0, 0.1) is 0 Å². The van der Waals surface area contributed by atoms with Crippen LogP contribution in [0.25, 0.3) is 0 Å². The molecule has 0 aromatic carbocycles. The monoisotopic (exact) mass is 514 g/mol. The summed E-state index contributed by atoms with van der Waals surface area (Å²) < 4.78 is 11.1. The molecule has 0 aliphatic heterocycles. The van der Waals surface area contributed by atoms with Crippen LogP contribution in [0.1, 0.15) is 162 Å². The van der Waals surface area contributed by atoms with E-state index in [1.807, 2.05) is 0 Å². The minimum Gasteiger partial charge on any atom is -0.464 e. The molecule has 2 N–H and O–H groups in total. The summed E-state index contributed by atoms with van der Waals surface area (Å²) in [7, 11) is 0. The van der Waals surface area contributed by atoms with Gasteiger partial charge in [-0.15, -0.1) is 0 Å². The highest BCUT2D eigenvalue weighted by atomic mass is 16.6. The fourth-order valence-corrected chi connectivity index (χ4v) is 4.58. The summed E-state index contributed by atoms with van der Waals surface area (Å²) in [5.74, 6) is -0.320. The van der Waals surface area contributed by atoms with E-state index in [4.69, 9.17) is 14.6 Å². The second-order valence-electron chi connectivity index (χ2n) is 10.7. The third kappa shape index (κ3) is 25.0. The van der Waals surface area contributed by atoms with Crippen LogP contribution in [0.2, 0.25) is 0 Å². The van der Waals surface area contributed by atoms with Crippen LogP contribution in [0.15, 0.2) is 0 Å². The molecule has 2 unspecified atom stereocenters. The zero-order valence-corrected chi connectivity index (χ0v) is 24.2. The Morgan fingerprint density at radius 2 is 1.00 bits per heavy atom. The Bertz CT molecular complexity index is 443. The smallest absolute Gasteiger partial charge is 0.335 e. The minimum atomic E-state index is -0.954. The maximum Gasteiger partial charge on any atom is 0.335 e. The van der Waals surface area contributed by atoms with E-state index >= 15 is 0 Å². The summed E-state index contributed by atoms with van der Waals surface area (Å²) in [6.07, 6.45) is 26.8. The molecule has 5 nitrogen and oxygen atoms in total. The number of esters is 1. The molecule has 2 atom stereocenters. The van der Waals surface area contributed by atoms with Crippen molar-refractivity contribution in [2.24, 2.45) is 0 Å². The number of hydrogen-bond acceptors (Lipinski definition) is 5. The molecule has 0 saturated carbocycles. The number of ether oxygens (including phenoxy) is 2. The maximum absolute atomic E-state index is 12.5. The van der Waals surface area contributed by atoms with Gasteiger partial charge in [-0.3, -0.25) is 0 Å². The molecule has 0 saturated heterocycles. The van der Waals surface area contributed by atoms with Crippen molar-refractivity contribution in [2.45, 2.75) is 174 Å². The number of aliphatic hydroxyl groups excluding tert-OH is 2. The maximum atomic E-state index is 12.5. The van der Waals surface area contributed by atoms with E-state index in [1.165, 1.54) is 116 Å². The van der Waals surface area contributed by atoms with Crippen LogP contribution < -0.4 is 0 Å². The van der Waals surface area contributed by atoms with Crippen LogP contribution in [0.4, 0.5) is 0 Å². The highest BCUT2D eigenvalue weighted by Crippen LogP contribution is 2.15. The third-order valence-electron chi connectivity index (χ3n) is 7.03. The summed E-state index contributed by atoms with van der Waals surface area (Å²) in [5, 5.41) is 18.6. The van der Waals surface area contributed by atoms with Gasteiger partial charge in [0, 0.05) is 0 Å². The summed E-state index contributed by atoms with van der Waals surface area (Å²) in [5.41, 5.74) is 0. The van der Waals surface area contributed by atoms with Crippen molar-refractivity contribution in [2.75, 3.05) is 19.8 Å². The van der Waals surface area contributed by atoms with Crippen molar-refractivity contribution in [1.82, 2.24) is 0 Å². The van der Waals surface area contributed by atoms with Crippen molar-refractivity contribution in [3.05, 3.63) is 0 Å². The number of carbonyl (C=O) groups excluding carboxylic acids is 1. The second-order valence-corrected chi connectivity index (χ2v) is 10.7. The fourth-order valence-electron chi connectivity index (χ4n) is 4.58. The predicted octanol–water partition coefficient (Wildman–Crippen LogP) is 8.28. The van der Waals surface area contributed by atoms with E-state index < -0.39 is 12.2 Å². The van der Waals surface area contributed by atoms with Crippen molar-refractivity contribution < 1.29 is 24.5 Å². The van der Waals surface area contributed by atoms with Crippen molar-refractivity contribution in [1.29, 1.82) is 0 Å². The number of aliphatic hydroxyl groups is 2. The van der Waals surface area contributed by atoms with Gasteiger partial charge in [0.05, 0.1) is 19.8 Å². The van der Waals surface area contributed by atoms with E-state index in [1.54, 1.807) is 0 Å². The lowest BCUT2D eigenvalue weighted by Gasteiger charge is -2.18. The molecule has 0 aromatic heterocycles. The standard InChI is InChI=1S/C31H62O5/c1-3-5-7-9-11-13-15-16-18-20-22-24-26-35-31(34)30(36-28-29(33)27-32)25-23-21-19-17-14-12-10-8-6-4-2/h29-30,32-33H,3-28H2,1-2H3. The molecule has 0 heterocycles. The predicted molar refractivity (Wildman–Crippen MR) is 151 cm³/mol. The van der Waals surface area contributed by atoms with E-state index in [9.17, 15) is 9.90 Å². The van der Waals surface area contributed by atoms with Gasteiger partial charge in [0.15, 0.2) is 6.10 Å². The second kappa shape index (κ2) is 28.9. The van der Waals surface area contributed by atoms with Gasteiger partial charge < -0.3 is 19.7 Å². The van der Waals surface area contributed by atoms with Crippen LogP contribution in [0.5, 0.6) is 0 Å². The number of carbonyl (C=O) groups is 1.